The summed E-state index contributed by atoms with van der Waals surface area (Å²) in [5.41, 5.74) is 0.520. The van der Waals surface area contributed by atoms with Crippen LogP contribution in [0.5, 0.6) is 5.75 Å². The maximum absolute atomic E-state index is 11.7. The molecule has 20 heavy (non-hydrogen) atoms. The fraction of sp³-hybridized carbons (Fsp3) is 0. The number of halogens is 1. The van der Waals surface area contributed by atoms with Crippen LogP contribution in [0.1, 0.15) is 5.56 Å². The summed E-state index contributed by atoms with van der Waals surface area (Å²) in [6.07, 6.45) is 0. The molecule has 0 bridgehead atoms. The highest BCUT2D eigenvalue weighted by Crippen LogP contribution is 2.44. The third-order valence-corrected chi connectivity index (χ3v) is 4.28. The zero-order valence-electron chi connectivity index (χ0n) is 9.98. The van der Waals surface area contributed by atoms with Crippen LogP contribution in [0.3, 0.4) is 0 Å². The second kappa shape index (κ2) is 4.67. The molecular weight excluding hydrogens is 296 g/mol. The lowest BCUT2D eigenvalue weighted by Crippen LogP contribution is -2.09. The molecule has 6 heteroatoms. The molecule has 4 nitrogen and oxygen atoms in total. The van der Waals surface area contributed by atoms with Gasteiger partial charge in [0, 0.05) is 5.56 Å². The summed E-state index contributed by atoms with van der Waals surface area (Å²) in [6.45, 7) is 0. The van der Waals surface area contributed by atoms with Crippen molar-refractivity contribution in [2.45, 2.75) is 0 Å². The molecule has 2 N–H and O–H groups in total. The molecule has 3 aromatic rings. The topological polar surface area (TPSA) is 76.9 Å². The van der Waals surface area contributed by atoms with Gasteiger partial charge in [-0.25, -0.2) is 0 Å². The number of fused-ring (bicyclic) bond motifs is 1. The minimum atomic E-state index is -0.616. The smallest absolute Gasteiger partial charge is 0.270 e. The van der Waals surface area contributed by atoms with E-state index in [4.69, 9.17) is 16.9 Å². The second-order valence-electron chi connectivity index (χ2n) is 4.11. The molecular formula is C14H7ClN2O2S. The molecule has 0 atom stereocenters. The van der Waals surface area contributed by atoms with E-state index in [0.29, 0.717) is 20.1 Å². The quantitative estimate of drug-likeness (QED) is 0.722. The fourth-order valence-electron chi connectivity index (χ4n) is 2.08. The van der Waals surface area contributed by atoms with Crippen LogP contribution in [-0.4, -0.2) is 10.1 Å². The van der Waals surface area contributed by atoms with Crippen molar-refractivity contribution < 1.29 is 5.11 Å². The summed E-state index contributed by atoms with van der Waals surface area (Å²) in [4.78, 5) is 14.7. The average molecular weight is 303 g/mol. The predicted octanol–water partition coefficient (Wildman–Crippen LogP) is 3.49. The van der Waals surface area contributed by atoms with Crippen LogP contribution in [0.2, 0.25) is 4.34 Å². The lowest BCUT2D eigenvalue weighted by atomic mass is 10.0. The Kier molecular flexibility index (Phi) is 2.97. The Hall–Kier alpha value is -2.29. The zero-order valence-corrected chi connectivity index (χ0v) is 11.5. The number of aromatic nitrogens is 1. The minimum absolute atomic E-state index is 0.302. The molecule has 0 aliphatic heterocycles. The summed E-state index contributed by atoms with van der Waals surface area (Å²) in [7, 11) is 0. The first-order valence-electron chi connectivity index (χ1n) is 5.66. The molecule has 0 saturated heterocycles. The van der Waals surface area contributed by atoms with Gasteiger partial charge in [0.2, 0.25) is 0 Å². The van der Waals surface area contributed by atoms with Gasteiger partial charge in [0.25, 0.3) is 5.56 Å². The summed E-state index contributed by atoms with van der Waals surface area (Å²) in [6, 6.07) is 11.0. The van der Waals surface area contributed by atoms with Crippen molar-refractivity contribution in [1.29, 1.82) is 5.26 Å². The zero-order chi connectivity index (χ0) is 14.3. The highest BCUT2D eigenvalue weighted by molar-refractivity contribution is 7.23. The first-order chi connectivity index (χ1) is 9.63. The number of nitrogens with zero attached hydrogens (tertiary/aromatic N) is 1. The molecule has 3 rings (SSSR count). The highest BCUT2D eigenvalue weighted by Gasteiger charge is 2.20. The third-order valence-electron chi connectivity index (χ3n) is 2.97. The summed E-state index contributed by atoms with van der Waals surface area (Å²) >= 11 is 7.39. The number of rotatable bonds is 1. The van der Waals surface area contributed by atoms with Crippen LogP contribution < -0.4 is 5.56 Å². The van der Waals surface area contributed by atoms with Crippen molar-refractivity contribution in [2.75, 3.05) is 0 Å². The highest BCUT2D eigenvalue weighted by atomic mass is 35.5. The lowest BCUT2D eigenvalue weighted by molar-refractivity contribution is 0.479. The molecule has 0 unspecified atom stereocenters. The van der Waals surface area contributed by atoms with Crippen LogP contribution in [0, 0.1) is 11.3 Å². The van der Waals surface area contributed by atoms with Crippen LogP contribution in [0.25, 0.3) is 21.3 Å². The molecule has 1 aromatic carbocycles. The van der Waals surface area contributed by atoms with Crippen molar-refractivity contribution in [3.63, 3.8) is 0 Å². The van der Waals surface area contributed by atoms with Crippen molar-refractivity contribution in [3.8, 4) is 22.9 Å². The summed E-state index contributed by atoms with van der Waals surface area (Å²) in [5, 5.41) is 19.6. The number of hydrogen-bond acceptors (Lipinski definition) is 4. The first-order valence-corrected chi connectivity index (χ1v) is 6.85. The van der Waals surface area contributed by atoms with E-state index in [0.717, 1.165) is 16.9 Å². The summed E-state index contributed by atoms with van der Waals surface area (Å²) < 4.78 is 0.451. The van der Waals surface area contributed by atoms with Crippen molar-refractivity contribution in [3.05, 3.63) is 50.6 Å². The largest absolute Gasteiger partial charge is 0.506 e. The van der Waals surface area contributed by atoms with Gasteiger partial charge in [-0.05, 0) is 5.56 Å². The number of thiophene rings is 1. The molecule has 0 fully saturated rings. The van der Waals surface area contributed by atoms with E-state index < -0.39 is 5.56 Å². The van der Waals surface area contributed by atoms with Gasteiger partial charge in [-0.1, -0.05) is 41.9 Å². The Morgan fingerprint density at radius 2 is 2.00 bits per heavy atom. The molecule has 0 saturated carbocycles. The van der Waals surface area contributed by atoms with Crippen molar-refractivity contribution in [2.24, 2.45) is 0 Å². The molecule has 0 aliphatic rings. The van der Waals surface area contributed by atoms with Gasteiger partial charge in [0.05, 0.1) is 5.39 Å². The van der Waals surface area contributed by atoms with E-state index in [1.807, 2.05) is 30.3 Å². The molecule has 2 heterocycles. The maximum atomic E-state index is 11.7. The van der Waals surface area contributed by atoms with Crippen LogP contribution in [0.4, 0.5) is 0 Å². The summed E-state index contributed by atoms with van der Waals surface area (Å²) in [5.74, 6) is -0.326. The Morgan fingerprint density at radius 3 is 2.65 bits per heavy atom. The minimum Gasteiger partial charge on any atom is -0.506 e. The molecule has 0 amide bonds. The normalized spacial score (nSPS) is 10.6. The van der Waals surface area contributed by atoms with E-state index in [9.17, 15) is 9.90 Å². The second-order valence-corrected chi connectivity index (χ2v) is 5.73. The van der Waals surface area contributed by atoms with Crippen LogP contribution in [-0.2, 0) is 0 Å². The molecule has 0 radical (unpaired) electrons. The molecule has 0 spiro atoms. The van der Waals surface area contributed by atoms with Gasteiger partial charge in [-0.3, -0.25) is 4.79 Å². The van der Waals surface area contributed by atoms with Crippen LogP contribution in [0.15, 0.2) is 35.1 Å². The van der Waals surface area contributed by atoms with Gasteiger partial charge in [-0.15, -0.1) is 11.3 Å². The monoisotopic (exact) mass is 302 g/mol. The number of benzene rings is 1. The average Bonchev–Trinajstić information content (AvgIpc) is 2.76. The van der Waals surface area contributed by atoms with E-state index in [1.165, 1.54) is 0 Å². The van der Waals surface area contributed by atoms with Gasteiger partial charge >= 0.3 is 0 Å². The van der Waals surface area contributed by atoms with Gasteiger partial charge in [-0.2, -0.15) is 5.26 Å². The van der Waals surface area contributed by atoms with E-state index in [-0.39, 0.29) is 11.3 Å². The van der Waals surface area contributed by atoms with Gasteiger partial charge in [0.1, 0.15) is 21.0 Å². The number of H-pyrrole nitrogens is 1. The first kappa shape index (κ1) is 12.7. The van der Waals surface area contributed by atoms with Crippen molar-refractivity contribution in [1.82, 2.24) is 4.98 Å². The number of aromatic amines is 1. The SMILES string of the molecule is N#Cc1c(O)c2c(-c3ccccc3)c(Cl)sc2[nH]c1=O. The van der Waals surface area contributed by atoms with Gasteiger partial charge < -0.3 is 10.1 Å². The molecule has 2 aromatic heterocycles. The number of pyridine rings is 1. The van der Waals surface area contributed by atoms with Crippen molar-refractivity contribution >= 4 is 33.2 Å². The Morgan fingerprint density at radius 1 is 1.30 bits per heavy atom. The number of aromatic hydroxyl groups is 1. The fourth-order valence-corrected chi connectivity index (χ4v) is 3.46. The molecule has 98 valence electrons. The molecule has 0 aliphatic carbocycles. The van der Waals surface area contributed by atoms with Crippen LogP contribution >= 0.6 is 22.9 Å². The number of nitrogens with one attached hydrogen (secondary N) is 1. The number of nitriles is 1. The van der Waals surface area contributed by atoms with Gasteiger partial charge in [0.15, 0.2) is 5.56 Å². The standard InChI is InChI=1S/C14H7ClN2O2S/c15-12-9(7-4-2-1-3-5-7)10-11(18)8(6-16)13(19)17-14(10)20-12/h1-5H,(H2,17,18,19). The Bertz CT molecular complexity index is 907. The van der Waals surface area contributed by atoms with E-state index in [2.05, 4.69) is 4.98 Å². The lowest BCUT2D eigenvalue weighted by Gasteiger charge is -2.03. The third kappa shape index (κ3) is 1.78. The van der Waals surface area contributed by atoms with E-state index in [1.54, 1.807) is 6.07 Å². The van der Waals surface area contributed by atoms with E-state index >= 15 is 0 Å². The number of hydrogen-bond donors (Lipinski definition) is 2. The Balaban J connectivity index is 2.48. The Labute approximate surface area is 122 Å². The predicted molar refractivity (Wildman–Crippen MR) is 79.3 cm³/mol. The maximum Gasteiger partial charge on any atom is 0.270 e.